The van der Waals surface area contributed by atoms with Crippen LogP contribution in [0.5, 0.6) is 5.75 Å². The van der Waals surface area contributed by atoms with Crippen molar-refractivity contribution in [3.63, 3.8) is 0 Å². The monoisotopic (exact) mass is 620 g/mol. The summed E-state index contributed by atoms with van der Waals surface area (Å²) in [6.45, 7) is -0.257. The van der Waals surface area contributed by atoms with Gasteiger partial charge in [0.1, 0.15) is 0 Å². The summed E-state index contributed by atoms with van der Waals surface area (Å²) in [6, 6.07) is 26.6. The highest BCUT2D eigenvalue weighted by atomic mass is 79.9. The normalized spacial score (nSPS) is 11.2. The van der Waals surface area contributed by atoms with Crippen LogP contribution in [0.15, 0.2) is 105 Å². The van der Waals surface area contributed by atoms with Gasteiger partial charge in [-0.25, -0.2) is 4.98 Å². The molecule has 0 aliphatic carbocycles. The molecule has 0 unspecified atom stereocenters. The van der Waals surface area contributed by atoms with Gasteiger partial charge in [0.15, 0.2) is 18.2 Å². The molecule has 0 saturated heterocycles. The van der Waals surface area contributed by atoms with Gasteiger partial charge in [0.05, 0.1) is 26.6 Å². The van der Waals surface area contributed by atoms with Gasteiger partial charge < -0.3 is 10.1 Å². The zero-order valence-electron chi connectivity index (χ0n) is 20.1. The number of ether oxygens (including phenoxy) is 1. The summed E-state index contributed by atoms with van der Waals surface area (Å²) in [4.78, 5) is 30.3. The Bertz CT molecular complexity index is 1730. The van der Waals surface area contributed by atoms with E-state index in [4.69, 9.17) is 32.9 Å². The minimum Gasteiger partial charge on any atom is -0.481 e. The van der Waals surface area contributed by atoms with E-state index in [1.165, 1.54) is 10.9 Å². The van der Waals surface area contributed by atoms with Gasteiger partial charge in [0, 0.05) is 16.3 Å². The van der Waals surface area contributed by atoms with Gasteiger partial charge in [-0.1, -0.05) is 65.7 Å². The number of hydrogen-bond acceptors (Lipinski definition) is 5. The molecule has 1 aromatic heterocycles. The summed E-state index contributed by atoms with van der Waals surface area (Å²) in [6.07, 6.45) is 1.51. The van der Waals surface area contributed by atoms with E-state index in [9.17, 15) is 9.59 Å². The molecule has 1 amide bonds. The van der Waals surface area contributed by atoms with Crippen molar-refractivity contribution >= 4 is 67.8 Å². The minimum atomic E-state index is -0.359. The van der Waals surface area contributed by atoms with E-state index in [2.05, 4.69) is 26.3 Å². The number of nitrogens with one attached hydrogen (secondary N) is 1. The summed E-state index contributed by atoms with van der Waals surface area (Å²) in [5.74, 6) is 0.351. The quantitative estimate of drug-likeness (QED) is 0.198. The van der Waals surface area contributed by atoms with Crippen molar-refractivity contribution < 1.29 is 9.53 Å². The number of benzene rings is 4. The standard InChI is InChI=1S/C29H19BrCl2N4O3/c30-23-14-18(15-24(32)27(23)39-17-26(37)34-21-12-10-20(31)11-13-21)16-33-36-28(19-6-2-1-3-7-19)35-25-9-5-4-8-22(25)29(36)38/h1-16H,17H2,(H,34,37). The topological polar surface area (TPSA) is 85.6 Å². The van der Waals surface area contributed by atoms with Gasteiger partial charge in [-0.2, -0.15) is 9.78 Å². The third-order valence-electron chi connectivity index (χ3n) is 5.60. The Labute approximate surface area is 241 Å². The molecule has 0 saturated carbocycles. The van der Waals surface area contributed by atoms with Crippen LogP contribution in [0.4, 0.5) is 5.69 Å². The van der Waals surface area contributed by atoms with Crippen molar-refractivity contribution in [2.24, 2.45) is 5.10 Å². The van der Waals surface area contributed by atoms with E-state index >= 15 is 0 Å². The minimum absolute atomic E-state index is 0.257. The molecule has 0 atom stereocenters. The highest BCUT2D eigenvalue weighted by Crippen LogP contribution is 2.34. The van der Waals surface area contributed by atoms with E-state index in [0.717, 1.165) is 5.56 Å². The first-order chi connectivity index (χ1) is 18.9. The van der Waals surface area contributed by atoms with Crippen LogP contribution in [0.1, 0.15) is 5.56 Å². The average Bonchev–Trinajstić information content (AvgIpc) is 2.94. The number of carbonyl (C=O) groups is 1. The number of amides is 1. The molecule has 4 aromatic carbocycles. The lowest BCUT2D eigenvalue weighted by Crippen LogP contribution is -2.20. The summed E-state index contributed by atoms with van der Waals surface area (Å²) in [5, 5.41) is 8.47. The number of fused-ring (bicyclic) bond motifs is 1. The summed E-state index contributed by atoms with van der Waals surface area (Å²) in [5.41, 5.74) is 2.23. The number of anilines is 1. The highest BCUT2D eigenvalue weighted by Gasteiger charge is 2.14. The van der Waals surface area contributed by atoms with Gasteiger partial charge in [0.25, 0.3) is 11.5 Å². The van der Waals surface area contributed by atoms with Crippen molar-refractivity contribution in [1.29, 1.82) is 0 Å². The fraction of sp³-hybridized carbons (Fsp3) is 0.0345. The van der Waals surface area contributed by atoms with E-state index in [-0.39, 0.29) is 23.1 Å². The number of nitrogens with zero attached hydrogens (tertiary/aromatic N) is 3. The number of rotatable bonds is 7. The van der Waals surface area contributed by atoms with Gasteiger partial charge >= 0.3 is 0 Å². The maximum atomic E-state index is 13.3. The van der Waals surface area contributed by atoms with Gasteiger partial charge in [-0.15, -0.1) is 0 Å². The Morgan fingerprint density at radius 1 is 1.00 bits per heavy atom. The van der Waals surface area contributed by atoms with Gasteiger partial charge in [0.2, 0.25) is 0 Å². The first-order valence-electron chi connectivity index (χ1n) is 11.7. The molecule has 0 aliphatic rings. The molecular weight excluding hydrogens is 603 g/mol. The Morgan fingerprint density at radius 3 is 2.46 bits per heavy atom. The maximum absolute atomic E-state index is 13.3. The SMILES string of the molecule is O=C(COc1c(Cl)cc(C=Nn2c(-c3ccccc3)nc3ccccc3c2=O)cc1Br)Nc1ccc(Cl)cc1. The van der Waals surface area contributed by atoms with E-state index in [0.29, 0.717) is 43.2 Å². The number of aromatic nitrogens is 2. The third-order valence-corrected chi connectivity index (χ3v) is 6.73. The van der Waals surface area contributed by atoms with Crippen molar-refractivity contribution in [2.45, 2.75) is 0 Å². The van der Waals surface area contributed by atoms with Crippen molar-refractivity contribution in [1.82, 2.24) is 9.66 Å². The number of para-hydroxylation sites is 1. The number of hydrogen-bond donors (Lipinski definition) is 1. The molecule has 5 rings (SSSR count). The lowest BCUT2D eigenvalue weighted by atomic mass is 10.2. The predicted octanol–water partition coefficient (Wildman–Crippen LogP) is 7.03. The molecular formula is C29H19BrCl2N4O3. The third kappa shape index (κ3) is 6.20. The Hall–Kier alpha value is -3.98. The number of carbonyl (C=O) groups excluding carboxylic acids is 1. The molecule has 194 valence electrons. The van der Waals surface area contributed by atoms with Crippen LogP contribution in [0.25, 0.3) is 22.3 Å². The average molecular weight is 622 g/mol. The van der Waals surface area contributed by atoms with Crippen molar-refractivity contribution in [3.8, 4) is 17.1 Å². The highest BCUT2D eigenvalue weighted by molar-refractivity contribution is 9.10. The molecule has 7 nitrogen and oxygen atoms in total. The van der Waals surface area contributed by atoms with Crippen LogP contribution in [0, 0.1) is 0 Å². The molecule has 0 aliphatic heterocycles. The fourth-order valence-corrected chi connectivity index (χ4v) is 4.90. The summed E-state index contributed by atoms with van der Waals surface area (Å²) < 4.78 is 7.45. The Morgan fingerprint density at radius 2 is 1.72 bits per heavy atom. The van der Waals surface area contributed by atoms with Crippen LogP contribution < -0.4 is 15.6 Å². The Kier molecular flexibility index (Phi) is 8.07. The van der Waals surface area contributed by atoms with Crippen LogP contribution in [0.3, 0.4) is 0 Å². The maximum Gasteiger partial charge on any atom is 0.282 e. The molecule has 39 heavy (non-hydrogen) atoms. The Balaban J connectivity index is 1.39. The zero-order chi connectivity index (χ0) is 27.4. The molecule has 0 spiro atoms. The van der Waals surface area contributed by atoms with E-state index in [1.807, 2.05) is 36.4 Å². The van der Waals surface area contributed by atoms with Crippen molar-refractivity contribution in [3.05, 3.63) is 121 Å². The van der Waals surface area contributed by atoms with Crippen molar-refractivity contribution in [2.75, 3.05) is 11.9 Å². The van der Waals surface area contributed by atoms with Crippen LogP contribution >= 0.6 is 39.1 Å². The molecule has 0 bridgehead atoms. The number of halogens is 3. The van der Waals surface area contributed by atoms with Gasteiger partial charge in [-0.05, 0) is 70.0 Å². The smallest absolute Gasteiger partial charge is 0.282 e. The lowest BCUT2D eigenvalue weighted by molar-refractivity contribution is -0.118. The summed E-state index contributed by atoms with van der Waals surface area (Å²) >= 11 is 15.8. The lowest BCUT2D eigenvalue weighted by Gasteiger charge is -2.12. The zero-order valence-corrected chi connectivity index (χ0v) is 23.2. The molecule has 5 aromatic rings. The largest absolute Gasteiger partial charge is 0.481 e. The van der Waals surface area contributed by atoms with Crippen LogP contribution in [0.2, 0.25) is 10.0 Å². The fourth-order valence-electron chi connectivity index (χ4n) is 3.79. The molecule has 10 heteroatoms. The molecule has 1 N–H and O–H groups in total. The molecule has 0 radical (unpaired) electrons. The van der Waals surface area contributed by atoms with Crippen LogP contribution in [-0.4, -0.2) is 28.4 Å². The van der Waals surface area contributed by atoms with Crippen LogP contribution in [-0.2, 0) is 4.79 Å². The second-order valence-corrected chi connectivity index (χ2v) is 10.0. The molecule has 1 heterocycles. The second kappa shape index (κ2) is 11.8. The second-order valence-electron chi connectivity index (χ2n) is 8.34. The predicted molar refractivity (Wildman–Crippen MR) is 159 cm³/mol. The van der Waals surface area contributed by atoms with E-state index in [1.54, 1.807) is 54.6 Å². The first kappa shape index (κ1) is 26.6. The van der Waals surface area contributed by atoms with E-state index < -0.39 is 0 Å². The van der Waals surface area contributed by atoms with Gasteiger partial charge in [-0.3, -0.25) is 9.59 Å². The first-order valence-corrected chi connectivity index (χ1v) is 13.2. The molecule has 0 fully saturated rings. The summed E-state index contributed by atoms with van der Waals surface area (Å²) in [7, 11) is 0.